The van der Waals surface area contributed by atoms with Gasteiger partial charge in [0.1, 0.15) is 0 Å². The standard InChI is InChI=1S/C75H75Si.3ClH.Ti/c1-50-41-53(4)72(69(47-63-35-23-14-24-36-63)66(50)44-60-29-17-11-18-30-60)76(75-58(9)56(7)57(8)59(75)10,73-54(5)42-51(2)67(45-61-31-19-12-20-32-61)70(73)48-64-37-25-15-26-38-64)74-55(6)43-52(3)68(46-62-33-21-13-22-34-62)71(74)49-65-39-27-16-28-40-65;;;;/h11-43H,44-49H2,1-10H3;3*1H;/q-1;;;;+4/p-3. The van der Waals surface area contributed by atoms with Crippen LogP contribution >= 0.6 is 0 Å². The molecule has 0 amide bonds. The van der Waals surface area contributed by atoms with Crippen LogP contribution in [-0.2, 0) is 60.2 Å². The van der Waals surface area contributed by atoms with E-state index >= 15 is 0 Å². The zero-order valence-electron chi connectivity index (χ0n) is 48.4. The Hall–Kier alpha value is -5.87. The molecular formula is C75H75Cl3SiTi. The molecule has 5 heteroatoms. The van der Waals surface area contributed by atoms with Gasteiger partial charge in [-0.15, -0.1) is 0 Å². The van der Waals surface area contributed by atoms with Gasteiger partial charge >= 0.3 is 21.7 Å². The number of hydrogen-bond acceptors (Lipinski definition) is 0. The summed E-state index contributed by atoms with van der Waals surface area (Å²) >= 11 is 0. The first-order valence-electron chi connectivity index (χ1n) is 27.7. The first-order chi connectivity index (χ1) is 36.8. The van der Waals surface area contributed by atoms with E-state index in [1.54, 1.807) is 20.7 Å². The first-order valence-corrected chi connectivity index (χ1v) is 29.7. The quantitative estimate of drug-likeness (QED) is 0.0596. The monoisotopic (exact) mass is 1160 g/mol. The molecule has 0 aromatic heterocycles. The van der Waals surface area contributed by atoms with Crippen molar-refractivity contribution in [1.82, 2.24) is 0 Å². The summed E-state index contributed by atoms with van der Waals surface area (Å²) in [6.07, 6.45) is 5.06. The second-order valence-electron chi connectivity index (χ2n) is 22.1. The molecule has 10 aromatic rings. The number of benzene rings is 9. The minimum absolute atomic E-state index is 0. The predicted molar refractivity (Wildman–Crippen MR) is 329 cm³/mol. The molecule has 0 fully saturated rings. The topological polar surface area (TPSA) is 0 Å². The van der Waals surface area contributed by atoms with Crippen LogP contribution < -0.4 is 58.0 Å². The van der Waals surface area contributed by atoms with Gasteiger partial charge in [-0.25, -0.2) is 0 Å². The summed E-state index contributed by atoms with van der Waals surface area (Å²) in [5, 5.41) is 6.29. The minimum atomic E-state index is -3.64. The Kier molecular flexibility index (Phi) is 21.9. The van der Waals surface area contributed by atoms with Crippen molar-refractivity contribution in [1.29, 1.82) is 0 Å². The molecule has 0 heterocycles. The molecule has 10 rings (SSSR count). The molecule has 0 unspecified atom stereocenters. The molecule has 80 heavy (non-hydrogen) atoms. The summed E-state index contributed by atoms with van der Waals surface area (Å²) in [6, 6.07) is 75.9. The van der Waals surface area contributed by atoms with Crippen LogP contribution in [0.25, 0.3) is 0 Å². The van der Waals surface area contributed by atoms with Gasteiger partial charge in [0, 0.05) is 0 Å². The summed E-state index contributed by atoms with van der Waals surface area (Å²) in [5.41, 5.74) is 31.0. The first kappa shape index (κ1) is 63.3. The average Bonchev–Trinajstić information content (AvgIpc) is 3.05. The predicted octanol–water partition coefficient (Wildman–Crippen LogP) is 6.42. The molecule has 404 valence electrons. The van der Waals surface area contributed by atoms with Gasteiger partial charge in [0.25, 0.3) is 0 Å². The van der Waals surface area contributed by atoms with Crippen LogP contribution in [0.4, 0.5) is 0 Å². The van der Waals surface area contributed by atoms with Gasteiger partial charge < -0.3 is 37.2 Å². The molecule has 0 aliphatic rings. The van der Waals surface area contributed by atoms with Crippen molar-refractivity contribution in [2.75, 3.05) is 0 Å². The normalized spacial score (nSPS) is 11.0. The van der Waals surface area contributed by atoms with Gasteiger partial charge in [0.05, 0.1) is 0 Å². The third kappa shape index (κ3) is 12.6. The number of halogens is 3. The largest absolute Gasteiger partial charge is 4.00 e. The Morgan fingerprint density at radius 2 is 0.500 bits per heavy atom. The third-order valence-electron chi connectivity index (χ3n) is 17.2. The molecular weight excluding hydrogens is 1080 g/mol. The van der Waals surface area contributed by atoms with Gasteiger partial charge in [0.2, 0.25) is 0 Å². The van der Waals surface area contributed by atoms with Gasteiger partial charge in [0.15, 0.2) is 8.07 Å². The fraction of sp³-hybridized carbons (Fsp3) is 0.213. The van der Waals surface area contributed by atoms with Crippen LogP contribution in [0.1, 0.15) is 122 Å². The molecule has 0 aliphatic heterocycles. The fourth-order valence-corrected chi connectivity index (χ4v) is 20.6. The number of hydrogen-bond donors (Lipinski definition) is 0. The van der Waals surface area contributed by atoms with Crippen molar-refractivity contribution in [2.45, 2.75) is 108 Å². The van der Waals surface area contributed by atoms with E-state index in [0.29, 0.717) is 0 Å². The second-order valence-corrected chi connectivity index (χ2v) is 25.6. The summed E-state index contributed by atoms with van der Waals surface area (Å²) in [5.74, 6) is 0. The van der Waals surface area contributed by atoms with E-state index < -0.39 is 8.07 Å². The van der Waals surface area contributed by atoms with Crippen LogP contribution in [-0.4, -0.2) is 8.07 Å². The summed E-state index contributed by atoms with van der Waals surface area (Å²) < 4.78 is 0. The zero-order valence-corrected chi connectivity index (χ0v) is 53.3. The molecule has 0 atom stereocenters. The van der Waals surface area contributed by atoms with Crippen molar-refractivity contribution in [3.8, 4) is 0 Å². The Labute approximate surface area is 514 Å². The molecule has 0 saturated carbocycles. The maximum absolute atomic E-state index is 3.64. The van der Waals surface area contributed by atoms with Crippen molar-refractivity contribution < 1.29 is 58.9 Å². The van der Waals surface area contributed by atoms with E-state index in [-0.39, 0.29) is 58.9 Å². The smallest absolute Gasteiger partial charge is 1.00 e. The SMILES string of the molecule is Cc1cc(C)c([Si](c2c(C)cc(C)c(Cc3ccccc3)c2Cc2ccccc2)(c2c(C)cc(C)c(Cc3ccccc3)c2Cc2ccccc2)c2c(C)c(C)c(C)[c-]2C)c(Cc2ccccc2)c1Cc1ccccc1.[Cl-].[Cl-].[Cl-].[Ti+4]. The Balaban J connectivity index is 0.00000258. The molecule has 0 radical (unpaired) electrons. The van der Waals surface area contributed by atoms with E-state index in [0.717, 1.165) is 38.5 Å². The van der Waals surface area contributed by atoms with E-state index in [4.69, 9.17) is 0 Å². The Bertz CT molecular complexity index is 3300. The van der Waals surface area contributed by atoms with Crippen molar-refractivity contribution in [3.05, 3.63) is 323 Å². The Morgan fingerprint density at radius 3 is 0.700 bits per heavy atom. The molecule has 0 N–H and O–H groups in total. The number of rotatable bonds is 16. The van der Waals surface area contributed by atoms with E-state index in [2.05, 4.69) is 269 Å². The van der Waals surface area contributed by atoms with Gasteiger partial charge in [-0.3, -0.25) is 0 Å². The van der Waals surface area contributed by atoms with Crippen LogP contribution in [0, 0.1) is 69.2 Å². The Morgan fingerprint density at radius 1 is 0.287 bits per heavy atom. The number of aryl methyl sites for hydroxylation is 6. The van der Waals surface area contributed by atoms with Crippen LogP contribution in [0.15, 0.2) is 200 Å². The van der Waals surface area contributed by atoms with Crippen LogP contribution in [0.3, 0.4) is 0 Å². The second kappa shape index (κ2) is 27.7. The van der Waals surface area contributed by atoms with E-state index in [9.17, 15) is 0 Å². The molecule has 0 bridgehead atoms. The zero-order chi connectivity index (χ0) is 53.1. The van der Waals surface area contributed by atoms with Crippen molar-refractivity contribution in [2.24, 2.45) is 0 Å². The van der Waals surface area contributed by atoms with Gasteiger partial charge in [-0.2, -0.15) is 27.4 Å². The van der Waals surface area contributed by atoms with Crippen LogP contribution in [0.2, 0.25) is 0 Å². The fourth-order valence-electron chi connectivity index (χ4n) is 13.6. The average molecular weight is 1160 g/mol. The summed E-state index contributed by atoms with van der Waals surface area (Å²) in [6.45, 7) is 24.5. The maximum Gasteiger partial charge on any atom is 4.00 e. The van der Waals surface area contributed by atoms with Gasteiger partial charge in [-0.1, -0.05) is 245 Å². The van der Waals surface area contributed by atoms with Crippen LogP contribution in [0.5, 0.6) is 0 Å². The minimum Gasteiger partial charge on any atom is -1.00 e. The molecule has 0 aliphatic carbocycles. The van der Waals surface area contributed by atoms with Gasteiger partial charge in [-0.05, 0) is 179 Å². The van der Waals surface area contributed by atoms with Crippen molar-refractivity contribution >= 4 is 28.8 Å². The van der Waals surface area contributed by atoms with E-state index in [1.165, 1.54) is 122 Å². The van der Waals surface area contributed by atoms with E-state index in [1.807, 2.05) is 0 Å². The summed E-state index contributed by atoms with van der Waals surface area (Å²) in [4.78, 5) is 0. The molecule has 0 saturated heterocycles. The molecule has 10 aromatic carbocycles. The summed E-state index contributed by atoms with van der Waals surface area (Å²) in [7, 11) is -3.64. The van der Waals surface area contributed by atoms with Crippen molar-refractivity contribution in [3.63, 3.8) is 0 Å². The molecule has 0 nitrogen and oxygen atoms in total. The maximum atomic E-state index is 2.60. The third-order valence-corrected chi connectivity index (χ3v) is 23.0. The molecule has 0 spiro atoms.